The Kier molecular flexibility index (Phi) is 20.6. The lowest BCUT2D eigenvalue weighted by Crippen LogP contribution is -2.51. The summed E-state index contributed by atoms with van der Waals surface area (Å²) in [5.41, 5.74) is -1.14. The van der Waals surface area contributed by atoms with Crippen molar-refractivity contribution in [3.8, 4) is 0 Å². The number of nitrogens with one attached hydrogen (secondary N) is 2. The molecule has 0 saturated carbocycles. The molecular weight excluding hydrogens is 953 g/mol. The Labute approximate surface area is 424 Å². The summed E-state index contributed by atoms with van der Waals surface area (Å²) in [4.78, 5) is 107. The molecule has 0 spiro atoms. The Bertz CT molecular complexity index is 2290. The molecule has 388 valence electrons. The van der Waals surface area contributed by atoms with Gasteiger partial charge in [0, 0.05) is 99.3 Å². The predicted octanol–water partition coefficient (Wildman–Crippen LogP) is 5.18. The third-order valence-electron chi connectivity index (χ3n) is 10.7. The number of amides is 4. The average Bonchev–Trinajstić information content (AvgIpc) is 3.26. The van der Waals surface area contributed by atoms with Gasteiger partial charge in [-0.05, 0) is 103 Å². The van der Waals surface area contributed by atoms with Gasteiger partial charge in [-0.2, -0.15) is 0 Å². The van der Waals surface area contributed by atoms with E-state index in [4.69, 9.17) is 18.9 Å². The van der Waals surface area contributed by atoms with Gasteiger partial charge in [-0.15, -0.1) is 0 Å². The molecule has 0 bridgehead atoms. The highest BCUT2D eigenvalue weighted by Crippen LogP contribution is 2.35. The minimum atomic E-state index is -0.701. The lowest BCUT2D eigenvalue weighted by Gasteiger charge is -2.34. The molecule has 3 aromatic rings. The Morgan fingerprint density at radius 1 is 0.620 bits per heavy atom. The summed E-state index contributed by atoms with van der Waals surface area (Å²) in [6.45, 7) is 19.2. The maximum atomic E-state index is 13.9. The lowest BCUT2D eigenvalue weighted by molar-refractivity contribution is -0.158. The number of ether oxygens (including phenoxy) is 4. The molecule has 1 fully saturated rings. The van der Waals surface area contributed by atoms with Gasteiger partial charge in [0.1, 0.15) is 28.4 Å². The minimum Gasteiger partial charge on any atom is -0.459 e. The van der Waals surface area contributed by atoms with Gasteiger partial charge in [-0.25, -0.2) is 9.78 Å². The van der Waals surface area contributed by atoms with Crippen LogP contribution in [0.2, 0.25) is 0 Å². The van der Waals surface area contributed by atoms with Gasteiger partial charge in [0.15, 0.2) is 0 Å². The molecule has 0 radical (unpaired) electrons. The number of rotatable bonds is 17. The number of carbonyl (C=O) groups is 7. The molecule has 2 aliphatic heterocycles. The first-order valence-electron chi connectivity index (χ1n) is 23.8. The highest BCUT2D eigenvalue weighted by Gasteiger charge is 2.34. The van der Waals surface area contributed by atoms with Crippen LogP contribution in [-0.4, -0.2) is 192 Å². The highest BCUT2D eigenvalue weighted by atomic mass is 33.1. The molecule has 2 aromatic carbocycles. The van der Waals surface area contributed by atoms with Crippen LogP contribution in [0.4, 0.5) is 10.5 Å². The third kappa shape index (κ3) is 19.3. The first kappa shape index (κ1) is 56.6. The van der Waals surface area contributed by atoms with E-state index >= 15 is 0 Å². The van der Waals surface area contributed by atoms with E-state index in [0.29, 0.717) is 74.6 Å². The molecule has 19 nitrogen and oxygen atoms in total. The zero-order valence-corrected chi connectivity index (χ0v) is 44.1. The molecule has 1 aromatic heterocycles. The molecule has 1 saturated heterocycles. The van der Waals surface area contributed by atoms with Crippen molar-refractivity contribution in [2.45, 2.75) is 84.1 Å². The number of benzene rings is 2. The van der Waals surface area contributed by atoms with E-state index in [-0.39, 0.29) is 62.9 Å². The van der Waals surface area contributed by atoms with Crippen LogP contribution in [0.25, 0.3) is 10.8 Å². The van der Waals surface area contributed by atoms with Gasteiger partial charge >= 0.3 is 24.0 Å². The Balaban J connectivity index is 1.22. The van der Waals surface area contributed by atoms with E-state index in [2.05, 4.69) is 15.6 Å². The molecule has 0 aliphatic carbocycles. The summed E-state index contributed by atoms with van der Waals surface area (Å²) in [7, 11) is 2.98. The summed E-state index contributed by atoms with van der Waals surface area (Å²) < 4.78 is 22.3. The van der Waals surface area contributed by atoms with Gasteiger partial charge in [0.05, 0.1) is 31.9 Å². The van der Waals surface area contributed by atoms with Crippen molar-refractivity contribution in [2.24, 2.45) is 0 Å². The van der Waals surface area contributed by atoms with Crippen molar-refractivity contribution in [3.63, 3.8) is 0 Å². The zero-order valence-electron chi connectivity index (χ0n) is 42.5. The maximum Gasteiger partial charge on any atom is 0.411 e. The van der Waals surface area contributed by atoms with E-state index < -0.39 is 52.6 Å². The zero-order chi connectivity index (χ0) is 51.9. The largest absolute Gasteiger partial charge is 0.459 e. The third-order valence-corrected chi connectivity index (χ3v) is 12.9. The summed E-state index contributed by atoms with van der Waals surface area (Å²) >= 11 is 0. The van der Waals surface area contributed by atoms with E-state index in [9.17, 15) is 33.6 Å². The smallest absolute Gasteiger partial charge is 0.411 e. The second kappa shape index (κ2) is 25.9. The normalized spacial score (nSPS) is 16.2. The Morgan fingerprint density at radius 3 is 1.59 bits per heavy atom. The molecule has 0 unspecified atom stereocenters. The number of aromatic nitrogens is 1. The van der Waals surface area contributed by atoms with Gasteiger partial charge in [0.25, 0.3) is 11.8 Å². The number of nitrogens with zero attached hydrogens (tertiary/aromatic N) is 6. The van der Waals surface area contributed by atoms with Crippen LogP contribution >= 0.6 is 21.6 Å². The number of carbonyl (C=O) groups excluding carboxylic acids is 7. The van der Waals surface area contributed by atoms with Gasteiger partial charge < -0.3 is 24.3 Å². The van der Waals surface area contributed by atoms with E-state index in [0.717, 1.165) is 9.93 Å². The van der Waals surface area contributed by atoms with Crippen LogP contribution in [0.15, 0.2) is 59.8 Å². The first-order chi connectivity index (χ1) is 33.4. The predicted molar refractivity (Wildman–Crippen MR) is 273 cm³/mol. The topological polar surface area (TPSA) is 210 Å². The number of hydrogen-bond acceptors (Lipinski definition) is 18. The second-order valence-electron chi connectivity index (χ2n) is 20.2. The Hall–Kier alpha value is -5.32. The fourth-order valence-corrected chi connectivity index (χ4v) is 9.42. The molecule has 4 amide bonds. The van der Waals surface area contributed by atoms with Crippen molar-refractivity contribution in [1.29, 1.82) is 0 Å². The van der Waals surface area contributed by atoms with Crippen LogP contribution < -0.4 is 10.6 Å². The lowest BCUT2D eigenvalue weighted by atomic mass is 9.93. The summed E-state index contributed by atoms with van der Waals surface area (Å²) in [5.74, 6) is -2.11. The standard InChI is InChI=1S/C50H70N8O11S2/c1-48(2,3)67-41(60)32-55-23-21-54(22-24-56(33-42(61)68-49(4,5)6)26-28-57(27-25-55)34-43(62)69-50(7,8)9)31-39(59)51-19-20-58-45(63)36-14-12-13-35-38(17-16-37(44(35)36)46(58)64)53-47(65)66-29-30-70-71-40-15-10-11-18-52-40/h10-18H,19-34H2,1-9H3,(H,51,59)(H,53,65). The molecular formula is C50H70N8O11S2. The van der Waals surface area contributed by atoms with Crippen LogP contribution in [0, 0.1) is 0 Å². The van der Waals surface area contributed by atoms with E-state index in [1.807, 2.05) is 37.8 Å². The molecule has 2 aliphatic rings. The first-order valence-corrected chi connectivity index (χ1v) is 26.1. The van der Waals surface area contributed by atoms with E-state index in [1.54, 1.807) is 98.8 Å². The van der Waals surface area contributed by atoms with Crippen molar-refractivity contribution >= 4 is 79.8 Å². The summed E-state index contributed by atoms with van der Waals surface area (Å²) in [5, 5.41) is 7.39. The Morgan fingerprint density at radius 2 is 1.11 bits per heavy atom. The van der Waals surface area contributed by atoms with Gasteiger partial charge in [-0.3, -0.25) is 58.6 Å². The molecule has 3 heterocycles. The molecule has 5 rings (SSSR count). The van der Waals surface area contributed by atoms with Gasteiger partial charge in [-0.1, -0.05) is 29.0 Å². The van der Waals surface area contributed by atoms with Crippen LogP contribution in [0.5, 0.6) is 0 Å². The number of anilines is 1. The van der Waals surface area contributed by atoms with Crippen molar-refractivity contribution < 1.29 is 52.5 Å². The van der Waals surface area contributed by atoms with E-state index in [1.165, 1.54) is 21.6 Å². The SMILES string of the molecule is CC(C)(C)OC(=O)CN1CCN(CC(=O)NCCN2C(=O)c3cccc4c(NC(=O)OCCSSc5ccccn5)ccc(c34)C2=O)CCN(CC(=O)OC(C)(C)C)CCN(CC(=O)OC(C)(C)C)CC1. The molecule has 71 heavy (non-hydrogen) atoms. The summed E-state index contributed by atoms with van der Waals surface area (Å²) in [6.07, 6.45) is 1.04. The maximum absolute atomic E-state index is 13.9. The fraction of sp³-hybridized carbons (Fsp3) is 0.560. The quantitative estimate of drug-likeness (QED) is 0.0587. The van der Waals surface area contributed by atoms with Crippen molar-refractivity contribution in [2.75, 3.05) is 109 Å². The molecule has 0 atom stereocenters. The van der Waals surface area contributed by atoms with Crippen LogP contribution in [0.1, 0.15) is 83.0 Å². The van der Waals surface area contributed by atoms with Crippen LogP contribution in [0.3, 0.4) is 0 Å². The monoisotopic (exact) mass is 1020 g/mol. The van der Waals surface area contributed by atoms with Crippen molar-refractivity contribution in [3.05, 3.63) is 65.9 Å². The number of pyridine rings is 1. The molecule has 21 heteroatoms. The number of esters is 3. The van der Waals surface area contributed by atoms with Crippen LogP contribution in [-0.2, 0) is 38.1 Å². The minimum absolute atomic E-state index is 0.00571. The van der Waals surface area contributed by atoms with Crippen molar-refractivity contribution in [1.82, 2.24) is 34.8 Å². The highest BCUT2D eigenvalue weighted by molar-refractivity contribution is 8.76. The second-order valence-corrected chi connectivity index (χ2v) is 22.6. The van der Waals surface area contributed by atoms with Gasteiger partial charge in [0.2, 0.25) is 5.91 Å². The summed E-state index contributed by atoms with van der Waals surface area (Å²) in [6, 6.07) is 13.8. The fourth-order valence-electron chi connectivity index (χ4n) is 7.72. The molecule has 2 N–H and O–H groups in total. The number of hydrogen-bond donors (Lipinski definition) is 2. The number of imide groups is 1. The average molecular weight is 1020 g/mol.